The van der Waals surface area contributed by atoms with E-state index in [-0.39, 0.29) is 11.5 Å². The van der Waals surface area contributed by atoms with Gasteiger partial charge in [-0.05, 0) is 12.1 Å². The fourth-order valence-corrected chi connectivity index (χ4v) is 3.67. The van der Waals surface area contributed by atoms with E-state index in [1.54, 1.807) is 12.3 Å². The maximum absolute atomic E-state index is 11.7. The Morgan fingerprint density at radius 1 is 1.10 bits per heavy atom. The Bertz CT molecular complexity index is 1380. The molecule has 0 saturated carbocycles. The number of nitriles is 1. The maximum Gasteiger partial charge on any atom is 0.231 e. The maximum atomic E-state index is 11.7. The van der Waals surface area contributed by atoms with E-state index in [1.165, 1.54) is 0 Å². The summed E-state index contributed by atoms with van der Waals surface area (Å²) in [6, 6.07) is 14.6. The van der Waals surface area contributed by atoms with Crippen molar-refractivity contribution in [2.45, 2.75) is 0 Å². The van der Waals surface area contributed by atoms with Crippen LogP contribution < -0.4 is 4.72 Å². The Labute approximate surface area is 171 Å². The third kappa shape index (κ3) is 3.76. The molecule has 29 heavy (non-hydrogen) atoms. The molecule has 2 aromatic heterocycles. The molecule has 0 aliphatic carbocycles. The van der Waals surface area contributed by atoms with Crippen LogP contribution in [0.4, 0.5) is 5.82 Å². The number of fused-ring (bicyclic) bond motifs is 1. The van der Waals surface area contributed by atoms with Crippen LogP contribution in [-0.2, 0) is 10.0 Å². The fourth-order valence-electron chi connectivity index (χ4n) is 2.91. The molecule has 0 fully saturated rings. The molecule has 8 nitrogen and oxygen atoms in total. The Morgan fingerprint density at radius 3 is 2.52 bits per heavy atom. The summed E-state index contributed by atoms with van der Waals surface area (Å²) in [5, 5.41) is 17.5. The van der Waals surface area contributed by atoms with Crippen LogP contribution in [0.1, 0.15) is 5.69 Å². The molecular formula is C19H13ClN6O2S. The zero-order valence-electron chi connectivity index (χ0n) is 15.0. The fraction of sp³-hybridized carbons (Fsp3) is 0.0526. The van der Waals surface area contributed by atoms with Crippen LogP contribution >= 0.6 is 11.6 Å². The quantitative estimate of drug-likeness (QED) is 0.515. The average molecular weight is 425 g/mol. The van der Waals surface area contributed by atoms with Gasteiger partial charge in [-0.1, -0.05) is 41.9 Å². The second kappa shape index (κ2) is 7.16. The summed E-state index contributed by atoms with van der Waals surface area (Å²) in [5.74, 6) is -0.131. The number of nitrogens with zero attached hydrogens (tertiary/aromatic N) is 4. The van der Waals surface area contributed by atoms with Crippen molar-refractivity contribution >= 4 is 38.3 Å². The lowest BCUT2D eigenvalue weighted by molar-refractivity contribution is 0.606. The van der Waals surface area contributed by atoms with Gasteiger partial charge < -0.3 is 0 Å². The lowest BCUT2D eigenvalue weighted by Crippen LogP contribution is -2.14. The number of benzene rings is 2. The first-order valence-electron chi connectivity index (χ1n) is 8.34. The molecule has 0 bridgehead atoms. The number of sulfonamides is 1. The molecule has 0 radical (unpaired) electrons. The first-order chi connectivity index (χ1) is 13.9. The van der Waals surface area contributed by atoms with Crippen LogP contribution in [0.15, 0.2) is 48.7 Å². The Balaban J connectivity index is 2.02. The van der Waals surface area contributed by atoms with Crippen molar-refractivity contribution < 1.29 is 8.42 Å². The van der Waals surface area contributed by atoms with Gasteiger partial charge in [0.15, 0.2) is 11.5 Å². The molecule has 2 N–H and O–H groups in total. The highest BCUT2D eigenvalue weighted by Crippen LogP contribution is 2.35. The number of hydrogen-bond acceptors (Lipinski definition) is 6. The van der Waals surface area contributed by atoms with Gasteiger partial charge >= 0.3 is 0 Å². The Hall–Kier alpha value is -3.48. The first-order valence-corrected chi connectivity index (χ1v) is 10.6. The van der Waals surface area contributed by atoms with Gasteiger partial charge in [-0.25, -0.2) is 18.4 Å². The first kappa shape index (κ1) is 18.9. The standard InChI is InChI=1S/C19H13ClN6O2S/c1-29(27,28)26-19-15(9-21)23-18(17(24-19)11-5-3-2-4-6-11)12-7-13-10-22-25-16(13)14(20)8-12/h2-8,10H,1H3,(H,22,25)(H,24,26). The monoisotopic (exact) mass is 424 g/mol. The van der Waals surface area contributed by atoms with Crippen molar-refractivity contribution in [3.05, 3.63) is 59.4 Å². The molecule has 10 heteroatoms. The highest BCUT2D eigenvalue weighted by Gasteiger charge is 2.20. The third-order valence-corrected chi connectivity index (χ3v) is 4.97. The van der Waals surface area contributed by atoms with Crippen molar-refractivity contribution in [2.24, 2.45) is 0 Å². The molecule has 0 atom stereocenters. The minimum atomic E-state index is -3.65. The number of halogens is 1. The summed E-state index contributed by atoms with van der Waals surface area (Å²) in [4.78, 5) is 8.85. The van der Waals surface area contributed by atoms with E-state index in [0.29, 0.717) is 33.1 Å². The third-order valence-electron chi connectivity index (χ3n) is 4.11. The van der Waals surface area contributed by atoms with Crippen LogP contribution in [0.3, 0.4) is 0 Å². The second-order valence-corrected chi connectivity index (χ2v) is 8.42. The predicted octanol–water partition coefficient (Wildman–Crippen LogP) is 3.58. The van der Waals surface area contributed by atoms with Crippen molar-refractivity contribution in [3.8, 4) is 28.6 Å². The Kier molecular flexibility index (Phi) is 4.66. The average Bonchev–Trinajstić information content (AvgIpc) is 3.16. The molecule has 0 aliphatic heterocycles. The zero-order valence-corrected chi connectivity index (χ0v) is 16.6. The second-order valence-electron chi connectivity index (χ2n) is 6.26. The highest BCUT2D eigenvalue weighted by molar-refractivity contribution is 7.92. The number of anilines is 1. The summed E-state index contributed by atoms with van der Waals surface area (Å²) in [6.07, 6.45) is 2.61. The van der Waals surface area contributed by atoms with Crippen molar-refractivity contribution in [2.75, 3.05) is 11.0 Å². The van der Waals surface area contributed by atoms with E-state index in [2.05, 4.69) is 24.9 Å². The van der Waals surface area contributed by atoms with E-state index >= 15 is 0 Å². The summed E-state index contributed by atoms with van der Waals surface area (Å²) >= 11 is 6.37. The van der Waals surface area contributed by atoms with E-state index in [9.17, 15) is 13.7 Å². The number of hydrogen-bond donors (Lipinski definition) is 2. The van der Waals surface area contributed by atoms with Crippen LogP contribution in [0.2, 0.25) is 5.02 Å². The predicted molar refractivity (Wildman–Crippen MR) is 111 cm³/mol. The number of rotatable bonds is 4. The van der Waals surface area contributed by atoms with Crippen molar-refractivity contribution in [1.29, 1.82) is 5.26 Å². The summed E-state index contributed by atoms with van der Waals surface area (Å²) in [7, 11) is -3.65. The van der Waals surface area contributed by atoms with Crippen LogP contribution in [0, 0.1) is 11.3 Å². The van der Waals surface area contributed by atoms with Gasteiger partial charge in [0.05, 0.1) is 34.4 Å². The number of nitrogens with one attached hydrogen (secondary N) is 2. The smallest absolute Gasteiger partial charge is 0.231 e. The molecule has 4 rings (SSSR count). The summed E-state index contributed by atoms with van der Waals surface area (Å²) < 4.78 is 25.7. The van der Waals surface area contributed by atoms with E-state index < -0.39 is 10.0 Å². The largest absolute Gasteiger partial charge is 0.276 e. The van der Waals surface area contributed by atoms with Crippen molar-refractivity contribution in [1.82, 2.24) is 20.2 Å². The summed E-state index contributed by atoms with van der Waals surface area (Å²) in [6.45, 7) is 0. The topological polar surface area (TPSA) is 124 Å². The minimum Gasteiger partial charge on any atom is -0.276 e. The SMILES string of the molecule is CS(=O)(=O)Nc1nc(-c2ccccc2)c(-c2cc(Cl)c3[nH]ncc3c2)nc1C#N. The lowest BCUT2D eigenvalue weighted by atomic mass is 10.0. The van der Waals surface area contributed by atoms with E-state index in [0.717, 1.165) is 11.6 Å². The molecule has 0 spiro atoms. The Morgan fingerprint density at radius 2 is 1.83 bits per heavy atom. The number of aromatic nitrogens is 4. The van der Waals surface area contributed by atoms with Gasteiger partial charge in [0.25, 0.3) is 0 Å². The molecular weight excluding hydrogens is 412 g/mol. The number of H-pyrrole nitrogens is 1. The van der Waals surface area contributed by atoms with Gasteiger partial charge in [-0.2, -0.15) is 10.4 Å². The highest BCUT2D eigenvalue weighted by atomic mass is 35.5. The van der Waals surface area contributed by atoms with Gasteiger partial charge in [0.2, 0.25) is 10.0 Å². The van der Waals surface area contributed by atoms with E-state index in [1.807, 2.05) is 42.5 Å². The van der Waals surface area contributed by atoms with Crippen LogP contribution in [0.5, 0.6) is 0 Å². The van der Waals surface area contributed by atoms with Crippen LogP contribution in [-0.4, -0.2) is 34.8 Å². The van der Waals surface area contributed by atoms with Gasteiger partial charge in [-0.3, -0.25) is 9.82 Å². The van der Waals surface area contributed by atoms with Gasteiger partial charge in [0.1, 0.15) is 6.07 Å². The molecule has 4 aromatic rings. The van der Waals surface area contributed by atoms with E-state index in [4.69, 9.17) is 11.6 Å². The number of aromatic amines is 1. The molecule has 0 saturated heterocycles. The molecule has 0 aliphatic rings. The molecule has 0 unspecified atom stereocenters. The molecule has 0 amide bonds. The van der Waals surface area contributed by atoms with Gasteiger partial charge in [0, 0.05) is 16.5 Å². The summed E-state index contributed by atoms with van der Waals surface area (Å²) in [5.41, 5.74) is 2.68. The molecule has 144 valence electrons. The minimum absolute atomic E-state index is 0.131. The molecule has 2 aromatic carbocycles. The van der Waals surface area contributed by atoms with Gasteiger partial charge in [-0.15, -0.1) is 0 Å². The lowest BCUT2D eigenvalue weighted by Gasteiger charge is -2.13. The van der Waals surface area contributed by atoms with Crippen molar-refractivity contribution in [3.63, 3.8) is 0 Å². The normalized spacial score (nSPS) is 11.3. The van der Waals surface area contributed by atoms with Crippen LogP contribution in [0.25, 0.3) is 33.4 Å². The zero-order chi connectivity index (χ0) is 20.6. The molecule has 2 heterocycles.